The fourth-order valence-corrected chi connectivity index (χ4v) is 2.53. The largest absolute Gasteiger partial charge is 0.493 e. The summed E-state index contributed by atoms with van der Waals surface area (Å²) in [5.41, 5.74) is 0.953. The molecule has 1 aromatic rings. The van der Waals surface area contributed by atoms with Crippen molar-refractivity contribution in [1.82, 2.24) is 4.90 Å². The molecule has 0 amide bonds. The molecule has 0 atom stereocenters. The van der Waals surface area contributed by atoms with Gasteiger partial charge in [-0.15, -0.1) is 0 Å². The molecular weight excluding hydrogens is 270 g/mol. The Morgan fingerprint density at radius 3 is 2.71 bits per heavy atom. The monoisotopic (exact) mass is 293 g/mol. The van der Waals surface area contributed by atoms with Crippen LogP contribution in [-0.4, -0.2) is 49.3 Å². The second-order valence-electron chi connectivity index (χ2n) is 5.28. The minimum atomic E-state index is -0.790. The lowest BCUT2D eigenvalue weighted by Gasteiger charge is -2.16. The lowest BCUT2D eigenvalue weighted by Crippen LogP contribution is -2.25. The van der Waals surface area contributed by atoms with Gasteiger partial charge in [-0.3, -0.25) is 9.69 Å². The lowest BCUT2D eigenvalue weighted by atomic mass is 10.1. The summed E-state index contributed by atoms with van der Waals surface area (Å²) in [6, 6.07) is 5.60. The molecule has 0 saturated carbocycles. The minimum Gasteiger partial charge on any atom is -0.493 e. The van der Waals surface area contributed by atoms with Gasteiger partial charge in [-0.1, -0.05) is 6.07 Å². The molecule has 0 aliphatic carbocycles. The molecule has 1 heterocycles. The number of ether oxygens (including phenoxy) is 2. The highest BCUT2D eigenvalue weighted by molar-refractivity contribution is 5.67. The normalized spacial score (nSPS) is 15.1. The summed E-state index contributed by atoms with van der Waals surface area (Å²) in [5.74, 6) is 0.595. The molecule has 1 aromatic carbocycles. The van der Waals surface area contributed by atoms with Crippen LogP contribution in [0.15, 0.2) is 18.2 Å². The van der Waals surface area contributed by atoms with E-state index in [9.17, 15) is 4.79 Å². The van der Waals surface area contributed by atoms with Gasteiger partial charge in [-0.25, -0.2) is 0 Å². The van der Waals surface area contributed by atoms with Crippen LogP contribution in [0.5, 0.6) is 11.5 Å². The van der Waals surface area contributed by atoms with Crippen molar-refractivity contribution in [2.75, 3.05) is 33.4 Å². The van der Waals surface area contributed by atoms with Crippen molar-refractivity contribution in [1.29, 1.82) is 0 Å². The maximum atomic E-state index is 10.6. The maximum absolute atomic E-state index is 10.6. The number of nitrogens with zero attached hydrogens (tertiary/aromatic N) is 1. The molecular formula is C16H23NO4. The van der Waals surface area contributed by atoms with Gasteiger partial charge in [0.05, 0.1) is 7.11 Å². The molecule has 0 unspecified atom stereocenters. The standard InChI is InChI=1S/C16H23NO4/c1-20-14-6-4-13(5-7-16(18)19)12-15(14)21-11-10-17-8-2-3-9-17/h4,6,12H,2-3,5,7-11H2,1H3,(H,18,19). The van der Waals surface area contributed by atoms with Gasteiger partial charge in [0.25, 0.3) is 0 Å². The Labute approximate surface area is 125 Å². The van der Waals surface area contributed by atoms with E-state index in [1.54, 1.807) is 7.11 Å². The Balaban J connectivity index is 1.91. The number of aliphatic carboxylic acids is 1. The first-order valence-corrected chi connectivity index (χ1v) is 7.43. The Morgan fingerprint density at radius 2 is 2.05 bits per heavy atom. The van der Waals surface area contributed by atoms with E-state index < -0.39 is 5.97 Å². The topological polar surface area (TPSA) is 59.0 Å². The second-order valence-corrected chi connectivity index (χ2v) is 5.28. The van der Waals surface area contributed by atoms with E-state index in [0.717, 1.165) is 25.2 Å². The molecule has 1 fully saturated rings. The molecule has 5 nitrogen and oxygen atoms in total. The predicted octanol–water partition coefficient (Wildman–Crippen LogP) is 2.19. The number of rotatable bonds is 8. The molecule has 5 heteroatoms. The van der Waals surface area contributed by atoms with E-state index in [2.05, 4.69) is 4.90 Å². The van der Waals surface area contributed by atoms with E-state index in [4.69, 9.17) is 14.6 Å². The van der Waals surface area contributed by atoms with E-state index in [1.807, 2.05) is 18.2 Å². The van der Waals surface area contributed by atoms with Crippen molar-refractivity contribution >= 4 is 5.97 Å². The number of hydrogen-bond acceptors (Lipinski definition) is 4. The Hall–Kier alpha value is -1.75. The molecule has 0 aromatic heterocycles. The zero-order valence-corrected chi connectivity index (χ0v) is 12.5. The van der Waals surface area contributed by atoms with E-state index in [1.165, 1.54) is 12.8 Å². The third kappa shape index (κ3) is 4.93. The number of benzene rings is 1. The lowest BCUT2D eigenvalue weighted by molar-refractivity contribution is -0.136. The molecule has 1 N–H and O–H groups in total. The zero-order chi connectivity index (χ0) is 15.1. The molecule has 0 radical (unpaired) electrons. The molecule has 0 spiro atoms. The van der Waals surface area contributed by atoms with Crippen LogP contribution in [0.2, 0.25) is 0 Å². The van der Waals surface area contributed by atoms with Crippen LogP contribution in [0.4, 0.5) is 0 Å². The average Bonchev–Trinajstić information content (AvgIpc) is 2.98. The van der Waals surface area contributed by atoms with Gasteiger partial charge in [0.1, 0.15) is 6.61 Å². The van der Waals surface area contributed by atoms with Crippen molar-refractivity contribution in [3.05, 3.63) is 23.8 Å². The predicted molar refractivity (Wildman–Crippen MR) is 80.1 cm³/mol. The first-order chi connectivity index (χ1) is 10.2. The first kappa shape index (κ1) is 15.6. The molecule has 1 saturated heterocycles. The fourth-order valence-electron chi connectivity index (χ4n) is 2.53. The van der Waals surface area contributed by atoms with E-state index >= 15 is 0 Å². The zero-order valence-electron chi connectivity index (χ0n) is 12.5. The first-order valence-electron chi connectivity index (χ1n) is 7.43. The number of aryl methyl sites for hydroxylation is 1. The Kier molecular flexibility index (Phi) is 5.87. The van der Waals surface area contributed by atoms with Crippen molar-refractivity contribution in [3.63, 3.8) is 0 Å². The van der Waals surface area contributed by atoms with Crippen LogP contribution in [0, 0.1) is 0 Å². The molecule has 116 valence electrons. The number of likely N-dealkylation sites (tertiary alicyclic amines) is 1. The summed E-state index contributed by atoms with van der Waals surface area (Å²) < 4.78 is 11.1. The van der Waals surface area contributed by atoms with Gasteiger partial charge in [0.15, 0.2) is 11.5 Å². The van der Waals surface area contributed by atoms with Crippen LogP contribution >= 0.6 is 0 Å². The third-order valence-corrected chi connectivity index (χ3v) is 3.72. The summed E-state index contributed by atoms with van der Waals surface area (Å²) >= 11 is 0. The Bertz CT molecular complexity index is 469. The number of carboxylic acid groups (broad SMARTS) is 1. The quantitative estimate of drug-likeness (QED) is 0.796. The van der Waals surface area contributed by atoms with Crippen LogP contribution in [0.3, 0.4) is 0 Å². The second kappa shape index (κ2) is 7.88. The van der Waals surface area contributed by atoms with Crippen molar-refractivity contribution in [2.45, 2.75) is 25.7 Å². The van der Waals surface area contributed by atoms with Gasteiger partial charge in [0.2, 0.25) is 0 Å². The number of carbonyl (C=O) groups is 1. The van der Waals surface area contributed by atoms with Crippen LogP contribution < -0.4 is 9.47 Å². The number of carboxylic acids is 1. The van der Waals surface area contributed by atoms with Gasteiger partial charge in [-0.2, -0.15) is 0 Å². The SMILES string of the molecule is COc1ccc(CCC(=O)O)cc1OCCN1CCCC1. The van der Waals surface area contributed by atoms with Gasteiger partial charge >= 0.3 is 5.97 Å². The highest BCUT2D eigenvalue weighted by atomic mass is 16.5. The summed E-state index contributed by atoms with van der Waals surface area (Å²) in [7, 11) is 1.61. The minimum absolute atomic E-state index is 0.125. The molecule has 2 rings (SSSR count). The summed E-state index contributed by atoms with van der Waals surface area (Å²) in [6.45, 7) is 3.85. The Morgan fingerprint density at radius 1 is 1.29 bits per heavy atom. The van der Waals surface area contributed by atoms with Gasteiger partial charge in [0, 0.05) is 13.0 Å². The van der Waals surface area contributed by atoms with Crippen LogP contribution in [-0.2, 0) is 11.2 Å². The number of methoxy groups -OCH3 is 1. The van der Waals surface area contributed by atoms with E-state index in [0.29, 0.717) is 24.5 Å². The van der Waals surface area contributed by atoms with Crippen LogP contribution in [0.1, 0.15) is 24.8 Å². The smallest absolute Gasteiger partial charge is 0.303 e. The van der Waals surface area contributed by atoms with Gasteiger partial charge < -0.3 is 14.6 Å². The molecule has 21 heavy (non-hydrogen) atoms. The summed E-state index contributed by atoms with van der Waals surface area (Å²) in [4.78, 5) is 13.0. The third-order valence-electron chi connectivity index (χ3n) is 3.72. The fraction of sp³-hybridized carbons (Fsp3) is 0.562. The number of hydrogen-bond donors (Lipinski definition) is 1. The van der Waals surface area contributed by atoms with Crippen molar-refractivity contribution in [3.8, 4) is 11.5 Å². The summed E-state index contributed by atoms with van der Waals surface area (Å²) in [6.07, 6.45) is 3.17. The van der Waals surface area contributed by atoms with Crippen molar-refractivity contribution in [2.24, 2.45) is 0 Å². The highest BCUT2D eigenvalue weighted by Gasteiger charge is 2.12. The summed E-state index contributed by atoms with van der Waals surface area (Å²) in [5, 5.41) is 8.75. The molecule has 1 aliphatic heterocycles. The maximum Gasteiger partial charge on any atom is 0.303 e. The van der Waals surface area contributed by atoms with E-state index in [-0.39, 0.29) is 6.42 Å². The average molecular weight is 293 g/mol. The highest BCUT2D eigenvalue weighted by Crippen LogP contribution is 2.28. The van der Waals surface area contributed by atoms with Crippen LogP contribution in [0.25, 0.3) is 0 Å². The molecule has 0 bridgehead atoms. The van der Waals surface area contributed by atoms with Crippen molar-refractivity contribution < 1.29 is 19.4 Å². The molecule has 1 aliphatic rings. The van der Waals surface area contributed by atoms with Gasteiger partial charge in [-0.05, 0) is 50.0 Å².